The number of benzene rings is 2. The molecule has 1 saturated heterocycles. The second-order valence-electron chi connectivity index (χ2n) is 7.68. The first-order valence-electron chi connectivity index (χ1n) is 10.3. The van der Waals surface area contributed by atoms with Crippen LogP contribution < -0.4 is 15.6 Å². The summed E-state index contributed by atoms with van der Waals surface area (Å²) in [4.78, 5) is 27.2. The van der Waals surface area contributed by atoms with Gasteiger partial charge in [-0.25, -0.2) is 18.0 Å². The second-order valence-corrected chi connectivity index (χ2v) is 7.68. The lowest BCUT2D eigenvalue weighted by molar-refractivity contribution is 0.0524. The molecule has 32 heavy (non-hydrogen) atoms. The van der Waals surface area contributed by atoms with Crippen molar-refractivity contribution in [2.45, 2.75) is 19.9 Å². The van der Waals surface area contributed by atoms with E-state index in [4.69, 9.17) is 4.74 Å². The molecule has 1 unspecified atom stereocenters. The smallest absolute Gasteiger partial charge is 0.343 e. The van der Waals surface area contributed by atoms with E-state index in [1.807, 2.05) is 11.8 Å². The van der Waals surface area contributed by atoms with Crippen LogP contribution in [0.5, 0.6) is 0 Å². The van der Waals surface area contributed by atoms with Crippen LogP contribution in [0.4, 0.5) is 18.9 Å². The van der Waals surface area contributed by atoms with Crippen molar-refractivity contribution >= 4 is 22.6 Å². The maximum Gasteiger partial charge on any atom is 0.343 e. The van der Waals surface area contributed by atoms with Crippen LogP contribution in [0.25, 0.3) is 16.6 Å². The highest BCUT2D eigenvalue weighted by Gasteiger charge is 2.24. The van der Waals surface area contributed by atoms with E-state index in [1.165, 1.54) is 16.7 Å². The minimum atomic E-state index is -0.906. The largest absolute Gasteiger partial charge is 0.462 e. The number of aromatic nitrogens is 1. The molecule has 0 radical (unpaired) electrons. The molecule has 1 fully saturated rings. The Morgan fingerprint density at radius 2 is 1.91 bits per heavy atom. The van der Waals surface area contributed by atoms with Gasteiger partial charge in [-0.2, -0.15) is 0 Å². The molecule has 2 heterocycles. The summed E-state index contributed by atoms with van der Waals surface area (Å²) >= 11 is 0. The Balaban J connectivity index is 2.01. The van der Waals surface area contributed by atoms with Crippen molar-refractivity contribution in [1.29, 1.82) is 0 Å². The van der Waals surface area contributed by atoms with Crippen molar-refractivity contribution in [2.24, 2.45) is 0 Å². The quantitative estimate of drug-likeness (QED) is 0.624. The Morgan fingerprint density at radius 1 is 1.16 bits per heavy atom. The first kappa shape index (κ1) is 21.9. The lowest BCUT2D eigenvalue weighted by atomic mass is 10.1. The number of fused-ring (bicyclic) bond motifs is 1. The average Bonchev–Trinajstić information content (AvgIpc) is 2.74. The number of halogens is 3. The van der Waals surface area contributed by atoms with Crippen LogP contribution in [0.3, 0.4) is 0 Å². The van der Waals surface area contributed by atoms with Gasteiger partial charge in [0, 0.05) is 43.3 Å². The lowest BCUT2D eigenvalue weighted by Gasteiger charge is -2.34. The van der Waals surface area contributed by atoms with Crippen LogP contribution in [0, 0.1) is 17.5 Å². The Morgan fingerprint density at radius 3 is 2.59 bits per heavy atom. The molecular formula is C23H22F3N3O3. The third kappa shape index (κ3) is 3.95. The summed E-state index contributed by atoms with van der Waals surface area (Å²) < 4.78 is 49.5. The van der Waals surface area contributed by atoms with Crippen LogP contribution in [0.15, 0.2) is 41.3 Å². The highest BCUT2D eigenvalue weighted by Crippen LogP contribution is 2.28. The molecule has 3 aromatic rings. The van der Waals surface area contributed by atoms with Crippen molar-refractivity contribution < 1.29 is 22.7 Å². The van der Waals surface area contributed by atoms with E-state index in [2.05, 4.69) is 5.32 Å². The minimum Gasteiger partial charge on any atom is -0.462 e. The fraction of sp³-hybridized carbons (Fsp3) is 0.304. The highest BCUT2D eigenvalue weighted by atomic mass is 19.1. The van der Waals surface area contributed by atoms with Gasteiger partial charge in [-0.3, -0.25) is 4.79 Å². The fourth-order valence-corrected chi connectivity index (χ4v) is 3.96. The number of nitrogens with zero attached hydrogens (tertiary/aromatic N) is 2. The summed E-state index contributed by atoms with van der Waals surface area (Å²) in [7, 11) is 0. The highest BCUT2D eigenvalue weighted by molar-refractivity contribution is 5.95. The van der Waals surface area contributed by atoms with Gasteiger partial charge in [0.05, 0.1) is 23.5 Å². The van der Waals surface area contributed by atoms with Crippen molar-refractivity contribution in [3.63, 3.8) is 0 Å². The Labute approximate surface area is 182 Å². The number of nitrogens with one attached hydrogen (secondary N) is 1. The number of carbonyl (C=O) groups excluding carboxylic acids is 1. The maximum atomic E-state index is 15.1. The molecule has 1 aliphatic heterocycles. The monoisotopic (exact) mass is 445 g/mol. The van der Waals surface area contributed by atoms with Crippen LogP contribution in [-0.4, -0.2) is 42.8 Å². The van der Waals surface area contributed by atoms with E-state index < -0.39 is 28.8 Å². The molecule has 0 saturated carbocycles. The third-order valence-electron chi connectivity index (χ3n) is 5.45. The molecule has 4 rings (SSSR count). The third-order valence-corrected chi connectivity index (χ3v) is 5.45. The van der Waals surface area contributed by atoms with Crippen LogP contribution in [0.1, 0.15) is 24.2 Å². The molecule has 0 amide bonds. The van der Waals surface area contributed by atoms with Gasteiger partial charge >= 0.3 is 5.97 Å². The first-order chi connectivity index (χ1) is 15.3. The summed E-state index contributed by atoms with van der Waals surface area (Å²) in [5, 5.41) is 3.17. The number of hydrogen-bond acceptors (Lipinski definition) is 5. The topological polar surface area (TPSA) is 63.6 Å². The SMILES string of the molecule is CCOC(=O)c1cn(-c2ccc(F)cc2F)c2cc(N3CCNC(C)C3)c(F)cc2c1=O. The molecule has 1 atom stereocenters. The number of hydrogen-bond donors (Lipinski definition) is 1. The van der Waals surface area contributed by atoms with Gasteiger partial charge in [0.15, 0.2) is 0 Å². The Hall–Kier alpha value is -3.33. The molecule has 0 spiro atoms. The normalized spacial score (nSPS) is 16.4. The van der Waals surface area contributed by atoms with Gasteiger partial charge in [-0.1, -0.05) is 0 Å². The van der Waals surface area contributed by atoms with E-state index in [1.54, 1.807) is 6.92 Å². The molecule has 1 N–H and O–H groups in total. The number of ether oxygens (including phenoxy) is 1. The standard InChI is InChI=1S/C23H22F3N3O3/c1-3-32-23(31)16-12-29(19-5-4-14(24)8-17(19)25)20-10-21(18(26)9-15(20)22(16)30)28-7-6-27-13(2)11-28/h4-5,8-10,12-13,27H,3,6-7,11H2,1-2H3. The van der Waals surface area contributed by atoms with E-state index in [-0.39, 0.29) is 40.5 Å². The van der Waals surface area contributed by atoms with E-state index in [0.29, 0.717) is 25.7 Å². The zero-order valence-corrected chi connectivity index (χ0v) is 17.6. The van der Waals surface area contributed by atoms with Crippen molar-refractivity contribution in [1.82, 2.24) is 9.88 Å². The number of esters is 1. The summed E-state index contributed by atoms with van der Waals surface area (Å²) in [5.41, 5.74) is -0.739. The number of pyridine rings is 1. The lowest BCUT2D eigenvalue weighted by Crippen LogP contribution is -2.49. The predicted octanol–water partition coefficient (Wildman–Crippen LogP) is 3.38. The molecular weight excluding hydrogens is 423 g/mol. The summed E-state index contributed by atoms with van der Waals surface area (Å²) in [6, 6.07) is 5.60. The fourth-order valence-electron chi connectivity index (χ4n) is 3.96. The molecule has 6 nitrogen and oxygen atoms in total. The molecule has 1 aliphatic rings. The van der Waals surface area contributed by atoms with Gasteiger partial charge < -0.3 is 19.5 Å². The van der Waals surface area contributed by atoms with E-state index >= 15 is 4.39 Å². The van der Waals surface area contributed by atoms with Crippen LogP contribution >= 0.6 is 0 Å². The number of carbonyl (C=O) groups is 1. The molecule has 0 bridgehead atoms. The number of anilines is 1. The molecule has 1 aromatic heterocycles. The average molecular weight is 445 g/mol. The Bertz CT molecular complexity index is 1260. The van der Waals surface area contributed by atoms with Gasteiger partial charge in [-0.05, 0) is 38.1 Å². The van der Waals surface area contributed by atoms with Gasteiger partial charge in [0.2, 0.25) is 5.43 Å². The van der Waals surface area contributed by atoms with E-state index in [0.717, 1.165) is 18.3 Å². The Kier molecular flexibility index (Phi) is 5.92. The summed E-state index contributed by atoms with van der Waals surface area (Å²) in [6.45, 7) is 5.31. The van der Waals surface area contributed by atoms with Gasteiger partial charge in [0.1, 0.15) is 23.0 Å². The minimum absolute atomic E-state index is 0.0235. The predicted molar refractivity (Wildman–Crippen MR) is 115 cm³/mol. The zero-order chi connectivity index (χ0) is 23.0. The summed E-state index contributed by atoms with van der Waals surface area (Å²) in [6.07, 6.45) is 1.15. The molecule has 2 aromatic carbocycles. The van der Waals surface area contributed by atoms with E-state index in [9.17, 15) is 18.4 Å². The number of rotatable bonds is 4. The second kappa shape index (κ2) is 8.66. The van der Waals surface area contributed by atoms with Crippen molar-refractivity contribution in [2.75, 3.05) is 31.1 Å². The molecule has 168 valence electrons. The maximum absolute atomic E-state index is 15.1. The van der Waals surface area contributed by atoms with Gasteiger partial charge in [-0.15, -0.1) is 0 Å². The van der Waals surface area contributed by atoms with Gasteiger partial charge in [0.25, 0.3) is 0 Å². The first-order valence-corrected chi connectivity index (χ1v) is 10.3. The van der Waals surface area contributed by atoms with Crippen LogP contribution in [-0.2, 0) is 4.74 Å². The van der Waals surface area contributed by atoms with Crippen molar-refractivity contribution in [3.8, 4) is 5.69 Å². The summed E-state index contributed by atoms with van der Waals surface area (Å²) in [5.74, 6) is -3.21. The van der Waals surface area contributed by atoms with Crippen molar-refractivity contribution in [3.05, 3.63) is 69.8 Å². The van der Waals surface area contributed by atoms with Crippen LogP contribution in [0.2, 0.25) is 0 Å². The molecule has 9 heteroatoms. The number of piperazine rings is 1. The molecule has 0 aliphatic carbocycles. The zero-order valence-electron chi connectivity index (χ0n) is 17.6.